The van der Waals surface area contributed by atoms with Gasteiger partial charge in [0.1, 0.15) is 5.54 Å². The normalized spacial score (nSPS) is 27.2. The maximum Gasteiger partial charge on any atom is 0.393 e. The molecule has 1 saturated heterocycles. The molecule has 1 heterocycles. The number of carboxylic acids is 1. The number of nitrogens with one attached hydrogen (secondary N) is 1. The molecule has 0 bridgehead atoms. The zero-order valence-corrected chi connectivity index (χ0v) is 11.6. The Morgan fingerprint density at radius 2 is 2.00 bits per heavy atom. The Kier molecular flexibility index (Phi) is 4.22. The summed E-state index contributed by atoms with van der Waals surface area (Å²) >= 11 is 0. The van der Waals surface area contributed by atoms with Crippen molar-refractivity contribution < 1.29 is 23.1 Å². The van der Waals surface area contributed by atoms with Crippen molar-refractivity contribution in [2.45, 2.75) is 44.4 Å². The number of nitrogens with zero attached hydrogens (tertiary/aromatic N) is 1. The Balaban J connectivity index is 2.91. The van der Waals surface area contributed by atoms with Gasteiger partial charge in [-0.25, -0.2) is 0 Å². The number of rotatable bonds is 4. The van der Waals surface area contributed by atoms with Crippen LogP contribution in [0.1, 0.15) is 27.2 Å². The molecule has 1 fully saturated rings. The molecule has 2 unspecified atom stereocenters. The Hall–Kier alpha value is -0.820. The molecule has 2 atom stereocenters. The molecule has 4 nitrogen and oxygen atoms in total. The van der Waals surface area contributed by atoms with Gasteiger partial charge in [-0.1, -0.05) is 0 Å². The molecular formula is C12H21F3N2O2. The first-order chi connectivity index (χ1) is 8.45. The largest absolute Gasteiger partial charge is 0.480 e. The maximum atomic E-state index is 12.9. The minimum Gasteiger partial charge on any atom is -0.480 e. The van der Waals surface area contributed by atoms with E-state index in [1.807, 2.05) is 0 Å². The van der Waals surface area contributed by atoms with Crippen LogP contribution in [0.25, 0.3) is 0 Å². The summed E-state index contributed by atoms with van der Waals surface area (Å²) in [4.78, 5) is 12.8. The predicted octanol–water partition coefficient (Wildman–Crippen LogP) is 1.71. The minimum absolute atomic E-state index is 0.00983. The summed E-state index contributed by atoms with van der Waals surface area (Å²) in [5.41, 5.74) is -2.34. The van der Waals surface area contributed by atoms with E-state index in [1.54, 1.807) is 4.90 Å². The first-order valence-electron chi connectivity index (χ1n) is 6.19. The molecule has 7 heteroatoms. The first kappa shape index (κ1) is 16.2. The van der Waals surface area contributed by atoms with Crippen molar-refractivity contribution in [2.75, 3.05) is 20.1 Å². The van der Waals surface area contributed by atoms with E-state index in [2.05, 4.69) is 5.32 Å². The molecule has 0 aromatic carbocycles. The van der Waals surface area contributed by atoms with Crippen molar-refractivity contribution >= 4 is 5.97 Å². The Morgan fingerprint density at radius 1 is 1.47 bits per heavy atom. The highest BCUT2D eigenvalue weighted by molar-refractivity contribution is 5.78. The third-order valence-electron chi connectivity index (χ3n) is 4.28. The maximum absolute atomic E-state index is 12.9. The topological polar surface area (TPSA) is 52.6 Å². The molecule has 0 spiro atoms. The fourth-order valence-corrected chi connectivity index (χ4v) is 2.63. The number of hydrogen-bond acceptors (Lipinski definition) is 3. The average molecular weight is 282 g/mol. The molecule has 0 saturated carbocycles. The summed E-state index contributed by atoms with van der Waals surface area (Å²) in [5, 5.41) is 11.9. The number of aliphatic carboxylic acids is 1. The van der Waals surface area contributed by atoms with Crippen molar-refractivity contribution in [1.82, 2.24) is 10.2 Å². The van der Waals surface area contributed by atoms with E-state index in [-0.39, 0.29) is 19.5 Å². The minimum atomic E-state index is -4.25. The fourth-order valence-electron chi connectivity index (χ4n) is 2.63. The van der Waals surface area contributed by atoms with E-state index in [0.717, 1.165) is 0 Å². The number of likely N-dealkylation sites (tertiary alicyclic amines) is 1. The van der Waals surface area contributed by atoms with Crippen LogP contribution in [0.3, 0.4) is 0 Å². The van der Waals surface area contributed by atoms with Crippen LogP contribution in [0.4, 0.5) is 13.2 Å². The monoisotopic (exact) mass is 282 g/mol. The van der Waals surface area contributed by atoms with Crippen molar-refractivity contribution in [2.24, 2.45) is 5.92 Å². The van der Waals surface area contributed by atoms with E-state index >= 15 is 0 Å². The SMILES string of the molecule is CNC(C)(CN1CCC(C(F)(F)F)C1(C)C)C(=O)O. The second-order valence-corrected chi connectivity index (χ2v) is 5.85. The molecule has 0 aliphatic carbocycles. The molecule has 0 aromatic rings. The summed E-state index contributed by atoms with van der Waals surface area (Å²) in [6.45, 7) is 4.82. The smallest absolute Gasteiger partial charge is 0.393 e. The second-order valence-electron chi connectivity index (χ2n) is 5.85. The van der Waals surface area contributed by atoms with E-state index < -0.39 is 29.1 Å². The van der Waals surface area contributed by atoms with Gasteiger partial charge in [0.05, 0.1) is 5.92 Å². The molecule has 2 N–H and O–H groups in total. The van der Waals surface area contributed by atoms with Gasteiger partial charge in [-0.15, -0.1) is 0 Å². The molecule has 0 amide bonds. The lowest BCUT2D eigenvalue weighted by molar-refractivity contribution is -0.192. The van der Waals surface area contributed by atoms with Crippen LogP contribution in [-0.2, 0) is 4.79 Å². The van der Waals surface area contributed by atoms with Crippen LogP contribution in [-0.4, -0.2) is 53.4 Å². The zero-order chi connectivity index (χ0) is 15.1. The molecule has 0 radical (unpaired) electrons. The lowest BCUT2D eigenvalue weighted by Gasteiger charge is -2.40. The van der Waals surface area contributed by atoms with Crippen LogP contribution in [0, 0.1) is 5.92 Å². The number of likely N-dealkylation sites (N-methyl/N-ethyl adjacent to an activating group) is 1. The zero-order valence-electron chi connectivity index (χ0n) is 11.6. The lowest BCUT2D eigenvalue weighted by atomic mass is 9.87. The quantitative estimate of drug-likeness (QED) is 0.824. The van der Waals surface area contributed by atoms with Gasteiger partial charge in [0, 0.05) is 12.1 Å². The van der Waals surface area contributed by atoms with Crippen LogP contribution < -0.4 is 5.32 Å². The van der Waals surface area contributed by atoms with Gasteiger partial charge in [-0.2, -0.15) is 13.2 Å². The summed E-state index contributed by atoms with van der Waals surface area (Å²) in [5.74, 6) is -2.49. The Bertz CT molecular complexity index is 357. The number of halogens is 3. The van der Waals surface area contributed by atoms with Crippen LogP contribution in [0.5, 0.6) is 0 Å². The van der Waals surface area contributed by atoms with E-state index in [9.17, 15) is 23.1 Å². The van der Waals surface area contributed by atoms with Gasteiger partial charge < -0.3 is 10.4 Å². The van der Waals surface area contributed by atoms with E-state index in [1.165, 1.54) is 27.8 Å². The Labute approximate surface area is 111 Å². The van der Waals surface area contributed by atoms with Gasteiger partial charge >= 0.3 is 12.1 Å². The Morgan fingerprint density at radius 3 is 2.32 bits per heavy atom. The summed E-state index contributed by atoms with van der Waals surface area (Å²) in [7, 11) is 1.50. The lowest BCUT2D eigenvalue weighted by Crippen LogP contribution is -2.59. The molecule has 1 aliphatic heterocycles. The van der Waals surface area contributed by atoms with E-state index in [0.29, 0.717) is 0 Å². The van der Waals surface area contributed by atoms with E-state index in [4.69, 9.17) is 0 Å². The highest BCUT2D eigenvalue weighted by Crippen LogP contribution is 2.44. The standard InChI is InChI=1S/C12H21F3N2O2/c1-10(2)8(12(13,14)15)5-6-17(10)7-11(3,16-4)9(18)19/h8,16H,5-7H2,1-4H3,(H,18,19). The molecule has 0 aromatic heterocycles. The number of hydrogen-bond donors (Lipinski definition) is 2. The summed E-state index contributed by atoms with van der Waals surface area (Å²) in [6, 6.07) is 0. The molecular weight excluding hydrogens is 261 g/mol. The fraction of sp³-hybridized carbons (Fsp3) is 0.917. The van der Waals surface area contributed by atoms with Crippen molar-refractivity contribution in [1.29, 1.82) is 0 Å². The highest BCUT2D eigenvalue weighted by atomic mass is 19.4. The van der Waals surface area contributed by atoms with Crippen LogP contribution in [0.2, 0.25) is 0 Å². The van der Waals surface area contributed by atoms with Crippen molar-refractivity contribution in [3.05, 3.63) is 0 Å². The molecule has 1 aliphatic rings. The van der Waals surface area contributed by atoms with Gasteiger partial charge in [-0.3, -0.25) is 9.69 Å². The van der Waals surface area contributed by atoms with Gasteiger partial charge in [0.2, 0.25) is 0 Å². The van der Waals surface area contributed by atoms with Crippen LogP contribution in [0.15, 0.2) is 0 Å². The molecule has 1 rings (SSSR count). The first-order valence-corrected chi connectivity index (χ1v) is 6.19. The molecule has 19 heavy (non-hydrogen) atoms. The highest BCUT2D eigenvalue weighted by Gasteiger charge is 2.56. The predicted molar refractivity (Wildman–Crippen MR) is 64.9 cm³/mol. The van der Waals surface area contributed by atoms with Gasteiger partial charge in [-0.05, 0) is 40.8 Å². The van der Waals surface area contributed by atoms with Gasteiger partial charge in [0.15, 0.2) is 0 Å². The second kappa shape index (κ2) is 4.94. The van der Waals surface area contributed by atoms with Gasteiger partial charge in [0.25, 0.3) is 0 Å². The third kappa shape index (κ3) is 3.02. The average Bonchev–Trinajstić information content (AvgIpc) is 2.53. The third-order valence-corrected chi connectivity index (χ3v) is 4.28. The molecule has 112 valence electrons. The van der Waals surface area contributed by atoms with Crippen molar-refractivity contribution in [3.63, 3.8) is 0 Å². The number of alkyl halides is 3. The van der Waals surface area contributed by atoms with Crippen LogP contribution >= 0.6 is 0 Å². The number of carbonyl (C=O) groups is 1. The summed E-state index contributed by atoms with van der Waals surface area (Å²) < 4.78 is 38.8. The summed E-state index contributed by atoms with van der Waals surface area (Å²) in [6.07, 6.45) is -4.24. The number of carboxylic acid groups (broad SMARTS) is 1. The van der Waals surface area contributed by atoms with Crippen molar-refractivity contribution in [3.8, 4) is 0 Å².